The van der Waals surface area contributed by atoms with Crippen molar-refractivity contribution in [1.29, 1.82) is 0 Å². The number of hydrogen-bond donors (Lipinski definition) is 2. The lowest BCUT2D eigenvalue weighted by Gasteiger charge is -2.32. The fraction of sp³-hybridized carbons (Fsp3) is 0.450. The van der Waals surface area contributed by atoms with E-state index in [1.54, 1.807) is 6.07 Å². The van der Waals surface area contributed by atoms with Gasteiger partial charge in [-0.1, -0.05) is 6.92 Å². The average molecular weight is 353 g/mol. The van der Waals surface area contributed by atoms with E-state index in [1.807, 2.05) is 26.0 Å². The average Bonchev–Trinajstić information content (AvgIpc) is 2.63. The van der Waals surface area contributed by atoms with Crippen LogP contribution >= 0.6 is 0 Å². The van der Waals surface area contributed by atoms with Gasteiger partial charge in [-0.15, -0.1) is 0 Å². The number of anilines is 3. The summed E-state index contributed by atoms with van der Waals surface area (Å²) in [5.41, 5.74) is 2.55. The number of nitrogens with zero attached hydrogens (tertiary/aromatic N) is 3. The highest BCUT2D eigenvalue weighted by Crippen LogP contribution is 2.25. The topological polar surface area (TPSA) is 70.2 Å². The maximum atomic E-state index is 12.1. The van der Waals surface area contributed by atoms with E-state index < -0.39 is 0 Å². The zero-order valence-corrected chi connectivity index (χ0v) is 15.7. The third-order valence-electron chi connectivity index (χ3n) is 4.61. The van der Waals surface area contributed by atoms with Gasteiger partial charge in [-0.25, -0.2) is 9.97 Å². The van der Waals surface area contributed by atoms with Crippen molar-refractivity contribution in [3.8, 4) is 0 Å². The summed E-state index contributed by atoms with van der Waals surface area (Å²) in [6.45, 7) is 8.40. The van der Waals surface area contributed by atoms with Gasteiger partial charge in [0.05, 0.1) is 0 Å². The maximum absolute atomic E-state index is 12.1. The van der Waals surface area contributed by atoms with Crippen LogP contribution in [0.25, 0.3) is 0 Å². The molecule has 1 saturated heterocycles. The standard InChI is InChI=1S/C20H27N5O/c1-14(2)23-20(26)18-12-19(22-13-21-18)24-16-4-6-17(7-5-16)25-10-8-15(3)9-11-25/h4-7,12-15H,8-11H2,1-3H3,(H,23,26)(H,21,22,24). The van der Waals surface area contributed by atoms with Gasteiger partial charge < -0.3 is 15.5 Å². The van der Waals surface area contributed by atoms with Gasteiger partial charge in [-0.05, 0) is 56.9 Å². The lowest BCUT2D eigenvalue weighted by molar-refractivity contribution is 0.0938. The van der Waals surface area contributed by atoms with Gasteiger partial charge >= 0.3 is 0 Å². The van der Waals surface area contributed by atoms with Gasteiger partial charge in [-0.2, -0.15) is 0 Å². The van der Waals surface area contributed by atoms with E-state index in [2.05, 4.69) is 44.6 Å². The Morgan fingerprint density at radius 3 is 2.50 bits per heavy atom. The van der Waals surface area contributed by atoms with Crippen LogP contribution in [0.5, 0.6) is 0 Å². The van der Waals surface area contributed by atoms with Crippen LogP contribution in [0.3, 0.4) is 0 Å². The van der Waals surface area contributed by atoms with Crippen molar-refractivity contribution in [3.63, 3.8) is 0 Å². The largest absolute Gasteiger partial charge is 0.372 e. The summed E-state index contributed by atoms with van der Waals surface area (Å²) >= 11 is 0. The first-order valence-corrected chi connectivity index (χ1v) is 9.26. The Kier molecular flexibility index (Phi) is 5.71. The highest BCUT2D eigenvalue weighted by Gasteiger charge is 2.16. The molecule has 0 radical (unpaired) electrons. The van der Waals surface area contributed by atoms with Crippen molar-refractivity contribution >= 4 is 23.1 Å². The van der Waals surface area contributed by atoms with Gasteiger partial charge in [0.2, 0.25) is 0 Å². The number of nitrogens with one attached hydrogen (secondary N) is 2. The molecule has 1 aromatic heterocycles. The molecule has 1 aromatic carbocycles. The van der Waals surface area contributed by atoms with E-state index in [-0.39, 0.29) is 11.9 Å². The van der Waals surface area contributed by atoms with E-state index in [0.717, 1.165) is 24.7 Å². The van der Waals surface area contributed by atoms with Crippen molar-refractivity contribution in [1.82, 2.24) is 15.3 Å². The maximum Gasteiger partial charge on any atom is 0.270 e. The minimum atomic E-state index is -0.194. The minimum absolute atomic E-state index is 0.0687. The highest BCUT2D eigenvalue weighted by molar-refractivity contribution is 5.93. The quantitative estimate of drug-likeness (QED) is 0.859. The van der Waals surface area contributed by atoms with Crippen molar-refractivity contribution in [3.05, 3.63) is 42.4 Å². The van der Waals surface area contributed by atoms with Crippen LogP contribution in [0.15, 0.2) is 36.7 Å². The lowest BCUT2D eigenvalue weighted by Crippen LogP contribution is -2.32. The van der Waals surface area contributed by atoms with Gasteiger partial charge in [-0.3, -0.25) is 4.79 Å². The van der Waals surface area contributed by atoms with Gasteiger partial charge in [0.1, 0.15) is 17.8 Å². The molecule has 26 heavy (non-hydrogen) atoms. The van der Waals surface area contributed by atoms with Gasteiger partial charge in [0, 0.05) is 36.6 Å². The first-order valence-electron chi connectivity index (χ1n) is 9.26. The molecule has 1 amide bonds. The van der Waals surface area contributed by atoms with E-state index in [1.165, 1.54) is 24.9 Å². The van der Waals surface area contributed by atoms with Crippen LogP contribution in [0.4, 0.5) is 17.2 Å². The fourth-order valence-corrected chi connectivity index (χ4v) is 3.06. The normalized spacial score (nSPS) is 15.2. The summed E-state index contributed by atoms with van der Waals surface area (Å²) in [6, 6.07) is 10.1. The van der Waals surface area contributed by atoms with Crippen molar-refractivity contribution < 1.29 is 4.79 Å². The highest BCUT2D eigenvalue weighted by atomic mass is 16.1. The first-order chi connectivity index (χ1) is 12.5. The SMILES string of the molecule is CC1CCN(c2ccc(Nc3cc(C(=O)NC(C)C)ncn3)cc2)CC1. The molecule has 0 saturated carbocycles. The summed E-state index contributed by atoms with van der Waals surface area (Å²) in [6.07, 6.45) is 3.91. The lowest BCUT2D eigenvalue weighted by atomic mass is 9.99. The molecule has 2 N–H and O–H groups in total. The number of rotatable bonds is 5. The molecule has 2 aromatic rings. The van der Waals surface area contributed by atoms with Crippen LogP contribution in [-0.4, -0.2) is 35.0 Å². The van der Waals surface area contributed by atoms with Crippen molar-refractivity contribution in [2.75, 3.05) is 23.3 Å². The third kappa shape index (κ3) is 4.71. The molecule has 0 bridgehead atoms. The molecule has 1 aliphatic rings. The molecule has 138 valence electrons. The van der Waals surface area contributed by atoms with E-state index in [9.17, 15) is 4.79 Å². The first kappa shape index (κ1) is 18.2. The molecule has 6 heteroatoms. The molecule has 0 atom stereocenters. The molecule has 0 unspecified atom stereocenters. The van der Waals surface area contributed by atoms with Crippen LogP contribution in [-0.2, 0) is 0 Å². The predicted molar refractivity (Wildman–Crippen MR) is 105 cm³/mol. The van der Waals surface area contributed by atoms with E-state index >= 15 is 0 Å². The Bertz CT molecular complexity index is 736. The summed E-state index contributed by atoms with van der Waals surface area (Å²) in [5.74, 6) is 1.24. The minimum Gasteiger partial charge on any atom is -0.372 e. The third-order valence-corrected chi connectivity index (χ3v) is 4.61. The Morgan fingerprint density at radius 2 is 1.85 bits per heavy atom. The number of amides is 1. The van der Waals surface area contributed by atoms with Gasteiger partial charge in [0.25, 0.3) is 5.91 Å². The number of piperidine rings is 1. The number of carbonyl (C=O) groups is 1. The van der Waals surface area contributed by atoms with E-state index in [0.29, 0.717) is 11.5 Å². The second-order valence-electron chi connectivity index (χ2n) is 7.26. The van der Waals surface area contributed by atoms with E-state index in [4.69, 9.17) is 0 Å². The summed E-state index contributed by atoms with van der Waals surface area (Å²) in [4.78, 5) is 22.8. The second kappa shape index (κ2) is 8.17. The number of carbonyl (C=O) groups excluding carboxylic acids is 1. The van der Waals surface area contributed by atoms with Crippen LogP contribution in [0, 0.1) is 5.92 Å². The Hall–Kier alpha value is -2.63. The Balaban J connectivity index is 1.65. The summed E-state index contributed by atoms with van der Waals surface area (Å²) in [5, 5.41) is 6.07. The monoisotopic (exact) mass is 353 g/mol. The number of aromatic nitrogens is 2. The van der Waals surface area contributed by atoms with Crippen molar-refractivity contribution in [2.24, 2.45) is 5.92 Å². The number of hydrogen-bond acceptors (Lipinski definition) is 5. The van der Waals surface area contributed by atoms with Crippen LogP contribution in [0.2, 0.25) is 0 Å². The van der Waals surface area contributed by atoms with Crippen LogP contribution in [0.1, 0.15) is 44.1 Å². The zero-order valence-electron chi connectivity index (χ0n) is 15.7. The number of benzene rings is 1. The molecule has 0 aliphatic carbocycles. The fourth-order valence-electron chi connectivity index (χ4n) is 3.06. The Labute approximate surface area is 155 Å². The molecule has 0 spiro atoms. The summed E-state index contributed by atoms with van der Waals surface area (Å²) < 4.78 is 0. The van der Waals surface area contributed by atoms with Crippen molar-refractivity contribution in [2.45, 2.75) is 39.7 Å². The zero-order chi connectivity index (χ0) is 18.5. The molecule has 6 nitrogen and oxygen atoms in total. The molecular weight excluding hydrogens is 326 g/mol. The second-order valence-corrected chi connectivity index (χ2v) is 7.26. The van der Waals surface area contributed by atoms with Gasteiger partial charge in [0.15, 0.2) is 0 Å². The smallest absolute Gasteiger partial charge is 0.270 e. The molecule has 2 heterocycles. The van der Waals surface area contributed by atoms with Crippen LogP contribution < -0.4 is 15.5 Å². The summed E-state index contributed by atoms with van der Waals surface area (Å²) in [7, 11) is 0. The Morgan fingerprint density at radius 1 is 1.15 bits per heavy atom. The molecule has 1 aliphatic heterocycles. The molecular formula is C20H27N5O. The molecule has 1 fully saturated rings. The molecule has 3 rings (SSSR count). The predicted octanol–water partition coefficient (Wildman–Crippen LogP) is 3.59.